The van der Waals surface area contributed by atoms with E-state index < -0.39 is 0 Å². The van der Waals surface area contributed by atoms with E-state index in [2.05, 4.69) is 22.6 Å². The van der Waals surface area contributed by atoms with Crippen molar-refractivity contribution in [2.45, 2.75) is 6.92 Å². The number of rotatable bonds is 4. The third kappa shape index (κ3) is 2.72. The fourth-order valence-corrected chi connectivity index (χ4v) is 4.19. The van der Waals surface area contributed by atoms with Crippen LogP contribution in [0.15, 0.2) is 72.8 Å². The summed E-state index contributed by atoms with van der Waals surface area (Å²) in [5.74, 6) is 0.477. The number of carbonyl (C=O) groups is 1. The molecule has 2 heterocycles. The Morgan fingerprint density at radius 3 is 2.47 bits per heavy atom. The molecule has 5 aromatic rings. The van der Waals surface area contributed by atoms with Gasteiger partial charge in [0.15, 0.2) is 0 Å². The molecule has 0 amide bonds. The average molecular weight is 395 g/mol. The largest absolute Gasteiger partial charge is 0.497 e. The predicted molar refractivity (Wildman–Crippen MR) is 120 cm³/mol. The molecule has 0 N–H and O–H groups in total. The molecule has 0 unspecified atom stereocenters. The molecular formula is C26H21NO3. The Kier molecular flexibility index (Phi) is 4.40. The smallest absolute Gasteiger partial charge is 0.340 e. The van der Waals surface area contributed by atoms with Gasteiger partial charge < -0.3 is 13.9 Å². The first-order valence-corrected chi connectivity index (χ1v) is 9.99. The predicted octanol–water partition coefficient (Wildman–Crippen LogP) is 4.98. The van der Waals surface area contributed by atoms with E-state index >= 15 is 0 Å². The first-order chi connectivity index (χ1) is 14.7. The van der Waals surface area contributed by atoms with Crippen LogP contribution < -0.4 is 10.1 Å². The van der Waals surface area contributed by atoms with Crippen molar-refractivity contribution in [2.24, 2.45) is 0 Å². The van der Waals surface area contributed by atoms with Crippen LogP contribution in [0.4, 0.5) is 0 Å². The Labute approximate surface area is 173 Å². The summed E-state index contributed by atoms with van der Waals surface area (Å²) in [6.07, 6.45) is 2.15. The van der Waals surface area contributed by atoms with Gasteiger partial charge in [-0.2, -0.15) is 0 Å². The molecule has 0 aliphatic carbocycles. The molecule has 0 fully saturated rings. The number of esters is 1. The lowest BCUT2D eigenvalue weighted by atomic mass is 10.1. The molecule has 0 atom stereocenters. The van der Waals surface area contributed by atoms with Gasteiger partial charge >= 0.3 is 5.97 Å². The fourth-order valence-electron chi connectivity index (χ4n) is 4.19. The standard InChI is InChI=1S/C26H21NO3/c1-3-30-26(28)24-20-11-7-8-12-22(20)27-23(15-17-9-5-4-6-10-17)21-16-18(29-2)13-14-19(21)25(24)27/h4-16H,3H2,1-2H3/b23-15-. The normalized spacial score (nSPS) is 12.1. The maximum absolute atomic E-state index is 13.0. The van der Waals surface area contributed by atoms with Crippen molar-refractivity contribution in [1.82, 2.24) is 4.40 Å². The minimum Gasteiger partial charge on any atom is -0.497 e. The van der Waals surface area contributed by atoms with Crippen LogP contribution in [0.5, 0.6) is 5.75 Å². The maximum Gasteiger partial charge on any atom is 0.340 e. The minimum absolute atomic E-state index is 0.301. The van der Waals surface area contributed by atoms with Gasteiger partial charge in [-0.15, -0.1) is 0 Å². The number of nitrogens with zero attached hydrogens (tertiary/aromatic N) is 1. The van der Waals surface area contributed by atoms with Crippen LogP contribution in [0.1, 0.15) is 22.8 Å². The Balaban J connectivity index is 2.02. The summed E-state index contributed by atoms with van der Waals surface area (Å²) in [5.41, 5.74) is 3.54. The highest BCUT2D eigenvalue weighted by atomic mass is 16.5. The number of carbonyl (C=O) groups excluding carboxylic acids is 1. The average Bonchev–Trinajstić information content (AvgIpc) is 3.27. The van der Waals surface area contributed by atoms with E-state index in [4.69, 9.17) is 9.47 Å². The summed E-state index contributed by atoms with van der Waals surface area (Å²) >= 11 is 0. The molecule has 0 saturated heterocycles. The van der Waals surface area contributed by atoms with Gasteiger partial charge in [-0.25, -0.2) is 4.79 Å². The summed E-state index contributed by atoms with van der Waals surface area (Å²) < 4.78 is 13.1. The monoisotopic (exact) mass is 395 g/mol. The van der Waals surface area contributed by atoms with Crippen molar-refractivity contribution < 1.29 is 14.3 Å². The van der Waals surface area contributed by atoms with Gasteiger partial charge in [-0.1, -0.05) is 48.5 Å². The molecule has 0 bridgehead atoms. The quantitative estimate of drug-likeness (QED) is 0.403. The summed E-state index contributed by atoms with van der Waals surface area (Å²) in [6.45, 7) is 2.16. The maximum atomic E-state index is 13.0. The number of aromatic nitrogens is 1. The molecule has 3 aromatic carbocycles. The number of fused-ring (bicyclic) bond motifs is 5. The molecule has 4 heteroatoms. The third-order valence-electron chi connectivity index (χ3n) is 5.46. The second-order valence-electron chi connectivity index (χ2n) is 7.15. The first-order valence-electron chi connectivity index (χ1n) is 9.99. The lowest BCUT2D eigenvalue weighted by Crippen LogP contribution is -2.09. The van der Waals surface area contributed by atoms with Crippen molar-refractivity contribution in [3.05, 3.63) is 89.3 Å². The lowest BCUT2D eigenvalue weighted by molar-refractivity contribution is 0.0531. The minimum atomic E-state index is -0.301. The Morgan fingerprint density at radius 1 is 0.933 bits per heavy atom. The highest BCUT2D eigenvalue weighted by Crippen LogP contribution is 2.33. The van der Waals surface area contributed by atoms with E-state index in [0.717, 1.165) is 43.9 Å². The summed E-state index contributed by atoms with van der Waals surface area (Å²) in [5, 5.41) is 3.94. The lowest BCUT2D eigenvalue weighted by Gasteiger charge is -2.02. The van der Waals surface area contributed by atoms with Crippen LogP contribution in [0.2, 0.25) is 0 Å². The van der Waals surface area contributed by atoms with Crippen LogP contribution in [0.25, 0.3) is 33.3 Å². The molecule has 0 aliphatic heterocycles. The van der Waals surface area contributed by atoms with Gasteiger partial charge in [0.05, 0.1) is 35.7 Å². The Hall–Kier alpha value is -3.79. The SMILES string of the molecule is CCOC(=O)c1c2ccccc2n2/c(=C\c3ccccc3)c3cc(OC)ccc3c12. The fraction of sp³-hybridized carbons (Fsp3) is 0.115. The topological polar surface area (TPSA) is 39.9 Å². The molecule has 2 aromatic heterocycles. The molecule has 0 radical (unpaired) electrons. The van der Waals surface area contributed by atoms with Crippen molar-refractivity contribution in [2.75, 3.05) is 13.7 Å². The van der Waals surface area contributed by atoms with Gasteiger partial charge in [-0.05, 0) is 42.8 Å². The molecular weight excluding hydrogens is 374 g/mol. The second-order valence-corrected chi connectivity index (χ2v) is 7.15. The van der Waals surface area contributed by atoms with Crippen molar-refractivity contribution in [3.63, 3.8) is 0 Å². The Bertz CT molecular complexity index is 1450. The van der Waals surface area contributed by atoms with Crippen LogP contribution in [-0.2, 0) is 4.74 Å². The number of hydrogen-bond acceptors (Lipinski definition) is 3. The molecule has 0 spiro atoms. The zero-order valence-corrected chi connectivity index (χ0v) is 16.9. The van der Waals surface area contributed by atoms with E-state index in [9.17, 15) is 4.79 Å². The van der Waals surface area contributed by atoms with E-state index in [0.29, 0.717) is 12.2 Å². The van der Waals surface area contributed by atoms with Crippen LogP contribution >= 0.6 is 0 Å². The van der Waals surface area contributed by atoms with E-state index in [1.54, 1.807) is 7.11 Å². The molecule has 0 saturated carbocycles. The summed E-state index contributed by atoms with van der Waals surface area (Å²) in [4.78, 5) is 13.0. The van der Waals surface area contributed by atoms with Crippen molar-refractivity contribution in [1.29, 1.82) is 0 Å². The van der Waals surface area contributed by atoms with Gasteiger partial charge in [0, 0.05) is 16.2 Å². The number of benzene rings is 3. The zero-order valence-electron chi connectivity index (χ0n) is 16.9. The summed E-state index contributed by atoms with van der Waals surface area (Å²) in [6, 6.07) is 24.1. The van der Waals surface area contributed by atoms with Crippen LogP contribution in [0, 0.1) is 0 Å². The van der Waals surface area contributed by atoms with Gasteiger partial charge in [0.1, 0.15) is 5.75 Å². The van der Waals surface area contributed by atoms with Crippen molar-refractivity contribution >= 4 is 39.2 Å². The van der Waals surface area contributed by atoms with Crippen molar-refractivity contribution in [3.8, 4) is 5.75 Å². The zero-order chi connectivity index (χ0) is 20.7. The van der Waals surface area contributed by atoms with Gasteiger partial charge in [0.25, 0.3) is 0 Å². The number of hydrogen-bond donors (Lipinski definition) is 0. The van der Waals surface area contributed by atoms with Gasteiger partial charge in [-0.3, -0.25) is 0 Å². The van der Waals surface area contributed by atoms with Crippen LogP contribution in [0.3, 0.4) is 0 Å². The molecule has 5 rings (SSSR count). The Morgan fingerprint density at radius 2 is 1.70 bits per heavy atom. The van der Waals surface area contributed by atoms with E-state index in [1.807, 2.05) is 67.6 Å². The second kappa shape index (κ2) is 7.23. The van der Waals surface area contributed by atoms with Crippen LogP contribution in [-0.4, -0.2) is 24.1 Å². The van der Waals surface area contributed by atoms with E-state index in [1.165, 1.54) is 0 Å². The first kappa shape index (κ1) is 18.3. The molecule has 148 valence electrons. The highest BCUT2D eigenvalue weighted by Gasteiger charge is 2.23. The molecule has 30 heavy (non-hydrogen) atoms. The number of methoxy groups -OCH3 is 1. The van der Waals surface area contributed by atoms with E-state index in [-0.39, 0.29) is 5.97 Å². The number of ether oxygens (including phenoxy) is 2. The number of para-hydroxylation sites is 1. The summed E-state index contributed by atoms with van der Waals surface area (Å²) in [7, 11) is 1.66. The third-order valence-corrected chi connectivity index (χ3v) is 5.46. The molecule has 0 aliphatic rings. The van der Waals surface area contributed by atoms with Gasteiger partial charge in [0.2, 0.25) is 0 Å². The highest BCUT2D eigenvalue weighted by molar-refractivity contribution is 6.19. The molecule has 4 nitrogen and oxygen atoms in total.